The van der Waals surface area contributed by atoms with Gasteiger partial charge in [0, 0.05) is 26.2 Å². The molecule has 2 heterocycles. The summed E-state index contributed by atoms with van der Waals surface area (Å²) in [6.45, 7) is 8.23. The number of hydrogen-bond donors (Lipinski definition) is 1. The van der Waals surface area contributed by atoms with Crippen LogP contribution in [-0.4, -0.2) is 50.8 Å². The second kappa shape index (κ2) is 5.28. The summed E-state index contributed by atoms with van der Waals surface area (Å²) in [5.74, 6) is 1.62. The number of methoxy groups -OCH3 is 1. The largest absolute Gasteiger partial charge is 0.384 e. The fourth-order valence-corrected chi connectivity index (χ4v) is 3.00. The van der Waals surface area contributed by atoms with Gasteiger partial charge in [0.05, 0.1) is 6.61 Å². The SMILES string of the molecule is COCC1CCN(C2CNCCC2C)C1. The first kappa shape index (κ1) is 11.4. The van der Waals surface area contributed by atoms with Gasteiger partial charge < -0.3 is 10.1 Å². The molecule has 3 heteroatoms. The van der Waals surface area contributed by atoms with Gasteiger partial charge in [-0.2, -0.15) is 0 Å². The van der Waals surface area contributed by atoms with Crippen LogP contribution in [0.3, 0.4) is 0 Å². The Morgan fingerprint density at radius 1 is 1.40 bits per heavy atom. The lowest BCUT2D eigenvalue weighted by Gasteiger charge is -2.36. The van der Waals surface area contributed by atoms with Gasteiger partial charge in [-0.15, -0.1) is 0 Å². The zero-order chi connectivity index (χ0) is 10.7. The van der Waals surface area contributed by atoms with E-state index in [0.717, 1.165) is 24.5 Å². The second-order valence-electron chi connectivity index (χ2n) is 5.14. The van der Waals surface area contributed by atoms with Crippen molar-refractivity contribution in [1.29, 1.82) is 0 Å². The Kier molecular flexibility index (Phi) is 4.00. The average molecular weight is 212 g/mol. The van der Waals surface area contributed by atoms with Gasteiger partial charge in [0.15, 0.2) is 0 Å². The van der Waals surface area contributed by atoms with Crippen LogP contribution < -0.4 is 5.32 Å². The molecule has 0 amide bonds. The summed E-state index contributed by atoms with van der Waals surface area (Å²) >= 11 is 0. The molecule has 3 atom stereocenters. The number of rotatable bonds is 3. The summed E-state index contributed by atoms with van der Waals surface area (Å²) in [6.07, 6.45) is 2.65. The molecule has 0 radical (unpaired) electrons. The van der Waals surface area contributed by atoms with Gasteiger partial charge in [-0.3, -0.25) is 4.90 Å². The van der Waals surface area contributed by atoms with E-state index < -0.39 is 0 Å². The first-order valence-electron chi connectivity index (χ1n) is 6.25. The van der Waals surface area contributed by atoms with E-state index in [1.165, 1.54) is 39.0 Å². The van der Waals surface area contributed by atoms with Crippen molar-refractivity contribution in [2.75, 3.05) is 39.9 Å². The van der Waals surface area contributed by atoms with Crippen LogP contribution in [0.2, 0.25) is 0 Å². The summed E-state index contributed by atoms with van der Waals surface area (Å²) < 4.78 is 5.25. The Balaban J connectivity index is 1.83. The van der Waals surface area contributed by atoms with E-state index in [-0.39, 0.29) is 0 Å². The zero-order valence-corrected chi connectivity index (χ0v) is 10.0. The predicted molar refractivity (Wildman–Crippen MR) is 62.0 cm³/mol. The van der Waals surface area contributed by atoms with Crippen molar-refractivity contribution in [1.82, 2.24) is 10.2 Å². The minimum absolute atomic E-state index is 0.764. The van der Waals surface area contributed by atoms with Crippen LogP contribution in [0.25, 0.3) is 0 Å². The van der Waals surface area contributed by atoms with Gasteiger partial charge in [-0.05, 0) is 37.8 Å². The highest BCUT2D eigenvalue weighted by Gasteiger charge is 2.32. The number of nitrogens with zero attached hydrogens (tertiary/aromatic N) is 1. The van der Waals surface area contributed by atoms with E-state index in [1.54, 1.807) is 0 Å². The third-order valence-electron chi connectivity index (χ3n) is 3.98. The molecule has 3 unspecified atom stereocenters. The van der Waals surface area contributed by atoms with Crippen LogP contribution in [0.5, 0.6) is 0 Å². The maximum absolute atomic E-state index is 5.25. The lowest BCUT2D eigenvalue weighted by Crippen LogP contribution is -2.49. The first-order chi connectivity index (χ1) is 7.31. The molecule has 88 valence electrons. The van der Waals surface area contributed by atoms with Crippen molar-refractivity contribution >= 4 is 0 Å². The van der Waals surface area contributed by atoms with E-state index >= 15 is 0 Å². The van der Waals surface area contributed by atoms with Gasteiger partial charge >= 0.3 is 0 Å². The molecule has 3 nitrogen and oxygen atoms in total. The van der Waals surface area contributed by atoms with Crippen molar-refractivity contribution < 1.29 is 4.74 Å². The van der Waals surface area contributed by atoms with Crippen molar-refractivity contribution in [2.24, 2.45) is 11.8 Å². The Morgan fingerprint density at radius 2 is 2.27 bits per heavy atom. The minimum atomic E-state index is 0.764. The van der Waals surface area contributed by atoms with Crippen LogP contribution in [0, 0.1) is 11.8 Å². The third-order valence-corrected chi connectivity index (χ3v) is 3.98. The van der Waals surface area contributed by atoms with E-state index in [4.69, 9.17) is 4.74 Å². The molecule has 15 heavy (non-hydrogen) atoms. The maximum atomic E-state index is 5.25. The van der Waals surface area contributed by atoms with Crippen LogP contribution in [0.4, 0.5) is 0 Å². The molecule has 2 rings (SSSR count). The summed E-state index contributed by atoms with van der Waals surface area (Å²) in [5, 5.41) is 3.52. The third kappa shape index (κ3) is 2.71. The number of ether oxygens (including phenoxy) is 1. The summed E-state index contributed by atoms with van der Waals surface area (Å²) in [6, 6.07) is 0.764. The molecule has 0 aromatic heterocycles. The number of piperidine rings is 1. The Labute approximate surface area is 93.2 Å². The lowest BCUT2D eigenvalue weighted by molar-refractivity contribution is 0.123. The quantitative estimate of drug-likeness (QED) is 0.754. The lowest BCUT2D eigenvalue weighted by atomic mass is 9.93. The molecule has 2 fully saturated rings. The van der Waals surface area contributed by atoms with E-state index in [0.29, 0.717) is 0 Å². The molecular weight excluding hydrogens is 188 g/mol. The van der Waals surface area contributed by atoms with Crippen molar-refractivity contribution in [3.05, 3.63) is 0 Å². The molecule has 0 aromatic carbocycles. The number of hydrogen-bond acceptors (Lipinski definition) is 3. The highest BCUT2D eigenvalue weighted by atomic mass is 16.5. The molecule has 2 saturated heterocycles. The first-order valence-corrected chi connectivity index (χ1v) is 6.25. The zero-order valence-electron chi connectivity index (χ0n) is 10.0. The van der Waals surface area contributed by atoms with E-state index in [1.807, 2.05) is 7.11 Å². The number of nitrogens with one attached hydrogen (secondary N) is 1. The fourth-order valence-electron chi connectivity index (χ4n) is 3.00. The van der Waals surface area contributed by atoms with Gasteiger partial charge in [-0.1, -0.05) is 6.92 Å². The molecule has 0 saturated carbocycles. The molecular formula is C12H24N2O. The van der Waals surface area contributed by atoms with Crippen LogP contribution >= 0.6 is 0 Å². The van der Waals surface area contributed by atoms with E-state index in [9.17, 15) is 0 Å². The Hall–Kier alpha value is -0.120. The Bertz CT molecular complexity index is 198. The molecule has 1 N–H and O–H groups in total. The molecule has 0 spiro atoms. The second-order valence-corrected chi connectivity index (χ2v) is 5.14. The van der Waals surface area contributed by atoms with Crippen LogP contribution in [0.1, 0.15) is 19.8 Å². The minimum Gasteiger partial charge on any atom is -0.384 e. The summed E-state index contributed by atoms with van der Waals surface area (Å²) in [7, 11) is 1.81. The van der Waals surface area contributed by atoms with Gasteiger partial charge in [0.1, 0.15) is 0 Å². The molecule has 0 bridgehead atoms. The predicted octanol–water partition coefficient (Wildman–Crippen LogP) is 0.953. The highest BCUT2D eigenvalue weighted by molar-refractivity contribution is 4.88. The number of likely N-dealkylation sites (tertiary alicyclic amines) is 1. The Morgan fingerprint density at radius 3 is 3.00 bits per heavy atom. The monoisotopic (exact) mass is 212 g/mol. The summed E-state index contributed by atoms with van der Waals surface area (Å²) in [5.41, 5.74) is 0. The maximum Gasteiger partial charge on any atom is 0.0503 e. The van der Waals surface area contributed by atoms with E-state index in [2.05, 4.69) is 17.1 Å². The molecule has 0 aromatic rings. The van der Waals surface area contributed by atoms with Crippen molar-refractivity contribution in [3.8, 4) is 0 Å². The van der Waals surface area contributed by atoms with Gasteiger partial charge in [0.2, 0.25) is 0 Å². The van der Waals surface area contributed by atoms with Gasteiger partial charge in [0.25, 0.3) is 0 Å². The molecule has 2 aliphatic heterocycles. The van der Waals surface area contributed by atoms with Crippen molar-refractivity contribution in [3.63, 3.8) is 0 Å². The average Bonchev–Trinajstić information content (AvgIpc) is 2.68. The normalized spacial score (nSPS) is 38.4. The highest BCUT2D eigenvalue weighted by Crippen LogP contribution is 2.24. The fraction of sp³-hybridized carbons (Fsp3) is 1.00. The summed E-state index contributed by atoms with van der Waals surface area (Å²) in [4.78, 5) is 2.67. The van der Waals surface area contributed by atoms with Crippen LogP contribution in [-0.2, 0) is 4.74 Å². The molecule has 0 aliphatic carbocycles. The molecule has 2 aliphatic rings. The standard InChI is InChI=1S/C12H24N2O/c1-10-3-5-13-7-12(10)14-6-4-11(8-14)9-15-2/h10-13H,3-9H2,1-2H3. The van der Waals surface area contributed by atoms with Crippen molar-refractivity contribution in [2.45, 2.75) is 25.8 Å². The topological polar surface area (TPSA) is 24.5 Å². The van der Waals surface area contributed by atoms with Gasteiger partial charge in [-0.25, -0.2) is 0 Å². The van der Waals surface area contributed by atoms with Crippen LogP contribution in [0.15, 0.2) is 0 Å². The smallest absolute Gasteiger partial charge is 0.0503 e.